The van der Waals surface area contributed by atoms with Crippen molar-refractivity contribution in [3.63, 3.8) is 0 Å². The van der Waals surface area contributed by atoms with E-state index in [2.05, 4.69) is 18.7 Å². The number of ether oxygens (including phenoxy) is 1. The van der Waals surface area contributed by atoms with Crippen LogP contribution in [-0.4, -0.2) is 80.9 Å². The molecule has 2 aromatic rings. The summed E-state index contributed by atoms with van der Waals surface area (Å²) in [7, 11) is 0. The van der Waals surface area contributed by atoms with Gasteiger partial charge in [-0.05, 0) is 49.0 Å². The molecule has 37 heavy (non-hydrogen) atoms. The molecule has 0 radical (unpaired) electrons. The van der Waals surface area contributed by atoms with Crippen molar-refractivity contribution in [2.24, 2.45) is 0 Å². The van der Waals surface area contributed by atoms with Crippen molar-refractivity contribution < 1.29 is 44.3 Å². The van der Waals surface area contributed by atoms with E-state index in [1.165, 1.54) is 0 Å². The van der Waals surface area contributed by atoms with Gasteiger partial charge in [0, 0.05) is 12.1 Å². The van der Waals surface area contributed by atoms with E-state index in [1.807, 2.05) is 60.7 Å². The molecule has 200 valence electrons. The molecule has 0 fully saturated rings. The molecule has 0 aliphatic heterocycles. The van der Waals surface area contributed by atoms with E-state index < -0.39 is 36.4 Å². The van der Waals surface area contributed by atoms with Crippen LogP contribution in [0.2, 0.25) is 0 Å². The van der Waals surface area contributed by atoms with Gasteiger partial charge in [0.2, 0.25) is 0 Å². The molecule has 0 bridgehead atoms. The Bertz CT molecular complexity index is 1030. The van der Waals surface area contributed by atoms with Crippen LogP contribution in [0, 0.1) is 0 Å². The fourth-order valence-electron chi connectivity index (χ4n) is 3.09. The maximum absolute atomic E-state index is 12.2. The maximum atomic E-state index is 12.2. The Hall–Kier alpha value is -4.02. The Kier molecular flexibility index (Phi) is 13.3. The smallest absolute Gasteiger partial charge is 0.336 e. The quantitative estimate of drug-likeness (QED) is 0.217. The van der Waals surface area contributed by atoms with Gasteiger partial charge >= 0.3 is 17.9 Å². The lowest BCUT2D eigenvalue weighted by molar-refractivity contribution is -0.170. The average Bonchev–Trinajstić information content (AvgIpc) is 2.85. The summed E-state index contributed by atoms with van der Waals surface area (Å²) >= 11 is 0. The van der Waals surface area contributed by atoms with Gasteiger partial charge in [-0.15, -0.1) is 0 Å². The van der Waals surface area contributed by atoms with Crippen molar-refractivity contribution >= 4 is 29.8 Å². The zero-order valence-corrected chi connectivity index (χ0v) is 20.9. The molecule has 10 heteroatoms. The summed E-state index contributed by atoms with van der Waals surface area (Å²) in [6.45, 7) is 7.91. The van der Waals surface area contributed by atoms with Crippen LogP contribution in [0.1, 0.15) is 42.6 Å². The third-order valence-electron chi connectivity index (χ3n) is 5.22. The van der Waals surface area contributed by atoms with Gasteiger partial charge in [-0.3, -0.25) is 14.4 Å². The first-order valence-corrected chi connectivity index (χ1v) is 11.6. The molecule has 2 aromatic carbocycles. The second-order valence-electron chi connectivity index (χ2n) is 7.99. The fourth-order valence-corrected chi connectivity index (χ4v) is 3.09. The van der Waals surface area contributed by atoms with E-state index in [4.69, 9.17) is 25.2 Å². The number of nitrogens with zero attached hydrogens (tertiary/aromatic N) is 1. The number of ketones is 1. The summed E-state index contributed by atoms with van der Waals surface area (Å²) in [6, 6.07) is 17.1. The molecule has 0 atom stereocenters. The van der Waals surface area contributed by atoms with Gasteiger partial charge in [0.15, 0.2) is 11.4 Å². The third kappa shape index (κ3) is 12.0. The standard InChI is InChI=1S/C21H25NO2.C6H8O7/c1-3-22(4-2)16-17-24-20-13-11-19(12-14-20)21(23)15-10-18-8-6-5-7-9-18;7-3(8)1-6(13,5(11)12)2-4(9)10/h5-15H,3-4,16-17H2,1-2H3;13H,1-2H2,(H,7,8)(H,9,10)(H,11,12)/b15-10+;. The minimum atomic E-state index is -2.74. The van der Waals surface area contributed by atoms with Crippen LogP contribution < -0.4 is 4.74 Å². The van der Waals surface area contributed by atoms with Crippen molar-refractivity contribution in [1.29, 1.82) is 0 Å². The number of rotatable bonds is 14. The molecule has 0 unspecified atom stereocenters. The van der Waals surface area contributed by atoms with E-state index in [0.29, 0.717) is 12.2 Å². The van der Waals surface area contributed by atoms with Crippen molar-refractivity contribution in [2.45, 2.75) is 32.3 Å². The highest BCUT2D eigenvalue weighted by atomic mass is 16.5. The van der Waals surface area contributed by atoms with Crippen LogP contribution in [0.15, 0.2) is 60.7 Å². The number of carbonyl (C=O) groups is 4. The molecule has 0 aromatic heterocycles. The Morgan fingerprint density at radius 3 is 1.86 bits per heavy atom. The number of aliphatic carboxylic acids is 3. The number of allylic oxidation sites excluding steroid dienone is 1. The van der Waals surface area contributed by atoms with Gasteiger partial charge in [-0.1, -0.05) is 50.3 Å². The third-order valence-corrected chi connectivity index (χ3v) is 5.22. The SMILES string of the molecule is CCN(CC)CCOc1ccc(C(=O)/C=C/c2ccccc2)cc1.O=C(O)CC(O)(CC(=O)O)C(=O)O. The molecule has 0 saturated carbocycles. The maximum Gasteiger partial charge on any atom is 0.336 e. The van der Waals surface area contributed by atoms with Crippen molar-refractivity contribution in [2.75, 3.05) is 26.2 Å². The van der Waals surface area contributed by atoms with Crippen molar-refractivity contribution in [3.05, 3.63) is 71.8 Å². The molecule has 0 aliphatic rings. The van der Waals surface area contributed by atoms with Gasteiger partial charge < -0.3 is 30.1 Å². The first-order valence-electron chi connectivity index (χ1n) is 11.6. The average molecular weight is 516 g/mol. The Balaban J connectivity index is 0.000000448. The molecule has 4 N–H and O–H groups in total. The first kappa shape index (κ1) is 31.0. The van der Waals surface area contributed by atoms with Gasteiger partial charge in [0.1, 0.15) is 12.4 Å². The zero-order valence-electron chi connectivity index (χ0n) is 20.9. The van der Waals surface area contributed by atoms with Crippen LogP contribution in [0.25, 0.3) is 6.08 Å². The van der Waals surface area contributed by atoms with Gasteiger partial charge in [-0.2, -0.15) is 0 Å². The first-order chi connectivity index (χ1) is 17.5. The highest BCUT2D eigenvalue weighted by Crippen LogP contribution is 2.16. The molecule has 0 heterocycles. The lowest BCUT2D eigenvalue weighted by atomic mass is 9.96. The topological polar surface area (TPSA) is 162 Å². The summed E-state index contributed by atoms with van der Waals surface area (Å²) in [4.78, 5) is 45.0. The fraction of sp³-hybridized carbons (Fsp3) is 0.333. The van der Waals surface area contributed by atoms with E-state index in [-0.39, 0.29) is 5.78 Å². The van der Waals surface area contributed by atoms with Crippen LogP contribution in [-0.2, 0) is 14.4 Å². The van der Waals surface area contributed by atoms with E-state index >= 15 is 0 Å². The number of carboxylic acid groups (broad SMARTS) is 3. The lowest BCUT2D eigenvalue weighted by Gasteiger charge is -2.18. The van der Waals surface area contributed by atoms with Gasteiger partial charge in [0.05, 0.1) is 12.8 Å². The number of hydrogen-bond donors (Lipinski definition) is 4. The predicted octanol–water partition coefficient (Wildman–Crippen LogP) is 3.05. The number of benzene rings is 2. The van der Waals surface area contributed by atoms with Crippen LogP contribution in [0.5, 0.6) is 5.75 Å². The number of carboxylic acids is 3. The second-order valence-corrected chi connectivity index (χ2v) is 7.99. The molecular weight excluding hydrogens is 482 g/mol. The summed E-state index contributed by atoms with van der Waals surface area (Å²) in [5.41, 5.74) is -1.06. The number of hydrogen-bond acceptors (Lipinski definition) is 7. The Morgan fingerprint density at radius 1 is 0.865 bits per heavy atom. The summed E-state index contributed by atoms with van der Waals surface area (Å²) < 4.78 is 5.73. The highest BCUT2D eigenvalue weighted by Gasteiger charge is 2.40. The second kappa shape index (κ2) is 15.9. The normalized spacial score (nSPS) is 11.0. The molecule has 10 nitrogen and oxygen atoms in total. The van der Waals surface area contributed by atoms with E-state index in [0.717, 1.165) is 30.9 Å². The number of likely N-dealkylation sites (N-methyl/N-ethyl adjacent to an activating group) is 1. The monoisotopic (exact) mass is 515 g/mol. The Morgan fingerprint density at radius 2 is 1.41 bits per heavy atom. The zero-order chi connectivity index (χ0) is 27.8. The van der Waals surface area contributed by atoms with Crippen LogP contribution >= 0.6 is 0 Å². The Labute approximate surface area is 215 Å². The van der Waals surface area contributed by atoms with Crippen LogP contribution in [0.4, 0.5) is 0 Å². The van der Waals surface area contributed by atoms with Crippen molar-refractivity contribution in [1.82, 2.24) is 4.90 Å². The van der Waals surface area contributed by atoms with Gasteiger partial charge in [0.25, 0.3) is 0 Å². The molecule has 2 rings (SSSR count). The van der Waals surface area contributed by atoms with Crippen molar-refractivity contribution in [3.8, 4) is 5.75 Å². The largest absolute Gasteiger partial charge is 0.492 e. The summed E-state index contributed by atoms with van der Waals surface area (Å²) in [6.07, 6.45) is 1.14. The predicted molar refractivity (Wildman–Crippen MR) is 137 cm³/mol. The number of aliphatic hydroxyl groups is 1. The molecular formula is C27H33NO9. The number of carbonyl (C=O) groups excluding carboxylic acids is 1. The van der Waals surface area contributed by atoms with Gasteiger partial charge in [-0.25, -0.2) is 4.79 Å². The minimum absolute atomic E-state index is 0.00598. The highest BCUT2D eigenvalue weighted by molar-refractivity contribution is 6.06. The summed E-state index contributed by atoms with van der Waals surface area (Å²) in [5, 5.41) is 33.8. The van der Waals surface area contributed by atoms with E-state index in [1.54, 1.807) is 6.08 Å². The molecule has 0 spiro atoms. The minimum Gasteiger partial charge on any atom is -0.492 e. The van der Waals surface area contributed by atoms with Crippen LogP contribution in [0.3, 0.4) is 0 Å². The lowest BCUT2D eigenvalue weighted by Crippen LogP contribution is -2.42. The molecule has 0 amide bonds. The summed E-state index contributed by atoms with van der Waals surface area (Å²) in [5.74, 6) is -4.23. The molecule has 0 aliphatic carbocycles. The molecule has 0 saturated heterocycles. The van der Waals surface area contributed by atoms with E-state index in [9.17, 15) is 19.2 Å².